The Labute approximate surface area is 139 Å². The summed E-state index contributed by atoms with van der Waals surface area (Å²) in [4.78, 5) is 28.7. The lowest BCUT2D eigenvalue weighted by molar-refractivity contribution is -0.144. The maximum atomic E-state index is 12.0. The fraction of sp³-hybridized carbons (Fsp3) is 0.125. The van der Waals surface area contributed by atoms with Crippen LogP contribution in [0, 0.1) is 0 Å². The largest absolute Gasteiger partial charge is 0.459 e. The number of hydrogen-bond donors (Lipinski definition) is 0. The molecule has 0 fully saturated rings. The third-order valence-electron chi connectivity index (χ3n) is 3.50. The van der Waals surface area contributed by atoms with Crippen molar-refractivity contribution in [3.8, 4) is 0 Å². The minimum atomic E-state index is -0.456. The van der Waals surface area contributed by atoms with Crippen LogP contribution in [0.15, 0.2) is 51.2 Å². The van der Waals surface area contributed by atoms with Crippen LogP contribution in [0.4, 0.5) is 0 Å². The monoisotopic (exact) mass is 341 g/mol. The van der Waals surface area contributed by atoms with Crippen LogP contribution < -0.4 is 5.56 Å². The highest BCUT2D eigenvalue weighted by Gasteiger charge is 2.14. The molecule has 0 atom stereocenters. The third-order valence-corrected chi connectivity index (χ3v) is 4.26. The molecule has 1 aromatic carbocycles. The summed E-state index contributed by atoms with van der Waals surface area (Å²) in [5.74, 6) is -0.456. The zero-order valence-electron chi connectivity index (χ0n) is 12.3. The summed E-state index contributed by atoms with van der Waals surface area (Å²) in [6, 6.07) is 8.66. The molecule has 0 aliphatic heterocycles. The molecule has 0 aliphatic rings. The van der Waals surface area contributed by atoms with Gasteiger partial charge in [-0.15, -0.1) is 11.3 Å². The van der Waals surface area contributed by atoms with Crippen molar-refractivity contribution in [3.63, 3.8) is 0 Å². The Hall–Kier alpha value is -3.00. The van der Waals surface area contributed by atoms with Gasteiger partial charge < -0.3 is 9.26 Å². The molecule has 0 spiro atoms. The quantitative estimate of drug-likeness (QED) is 0.529. The van der Waals surface area contributed by atoms with Gasteiger partial charge in [-0.3, -0.25) is 14.0 Å². The van der Waals surface area contributed by atoms with Crippen molar-refractivity contribution >= 4 is 33.2 Å². The Morgan fingerprint density at radius 3 is 3.12 bits per heavy atom. The van der Waals surface area contributed by atoms with Crippen LogP contribution in [-0.2, 0) is 22.6 Å². The Kier molecular flexibility index (Phi) is 3.58. The molecular weight excluding hydrogens is 330 g/mol. The van der Waals surface area contributed by atoms with Crippen LogP contribution >= 0.6 is 11.3 Å². The zero-order valence-corrected chi connectivity index (χ0v) is 13.2. The Balaban J connectivity index is 1.47. The van der Waals surface area contributed by atoms with Crippen LogP contribution in [0.25, 0.3) is 15.9 Å². The van der Waals surface area contributed by atoms with E-state index < -0.39 is 5.97 Å². The summed E-state index contributed by atoms with van der Waals surface area (Å²) in [6.45, 7) is -0.0573. The fourth-order valence-electron chi connectivity index (χ4n) is 2.37. The van der Waals surface area contributed by atoms with Crippen molar-refractivity contribution in [2.75, 3.05) is 0 Å². The molecule has 24 heavy (non-hydrogen) atoms. The predicted octanol–water partition coefficient (Wildman–Crippen LogP) is 2.18. The second-order valence-corrected chi connectivity index (χ2v) is 5.98. The minimum absolute atomic E-state index is 0.00274. The van der Waals surface area contributed by atoms with E-state index in [0.717, 1.165) is 5.39 Å². The highest BCUT2D eigenvalue weighted by Crippen LogP contribution is 2.18. The zero-order chi connectivity index (χ0) is 16.5. The Morgan fingerprint density at radius 1 is 1.33 bits per heavy atom. The average Bonchev–Trinajstić information content (AvgIpc) is 3.21. The number of hydrogen-bond acceptors (Lipinski definition) is 7. The lowest BCUT2D eigenvalue weighted by Crippen LogP contribution is -2.15. The number of para-hydroxylation sites is 1. The molecule has 8 heteroatoms. The standard InChI is InChI=1S/C16H11N3O4S/c20-14-7-10(17-16-19(14)5-6-24-16)9-22-15(21)8-12-11-3-1-2-4-13(11)23-18-12/h1-7H,8-9H2. The van der Waals surface area contributed by atoms with Crippen LogP contribution in [0.1, 0.15) is 11.4 Å². The lowest BCUT2D eigenvalue weighted by atomic mass is 10.2. The second-order valence-electron chi connectivity index (χ2n) is 5.10. The molecule has 0 bridgehead atoms. The first-order chi connectivity index (χ1) is 11.7. The van der Waals surface area contributed by atoms with E-state index in [0.29, 0.717) is 21.9 Å². The van der Waals surface area contributed by atoms with Gasteiger partial charge >= 0.3 is 5.97 Å². The summed E-state index contributed by atoms with van der Waals surface area (Å²) in [7, 11) is 0. The van der Waals surface area contributed by atoms with Gasteiger partial charge in [0.05, 0.1) is 12.1 Å². The molecule has 0 aliphatic carbocycles. The Morgan fingerprint density at radius 2 is 2.21 bits per heavy atom. The van der Waals surface area contributed by atoms with E-state index in [9.17, 15) is 9.59 Å². The SMILES string of the molecule is O=C(Cc1noc2ccccc12)OCc1cc(=O)n2ccsc2n1. The maximum Gasteiger partial charge on any atom is 0.312 e. The topological polar surface area (TPSA) is 86.7 Å². The van der Waals surface area contributed by atoms with Gasteiger partial charge in [-0.1, -0.05) is 17.3 Å². The molecule has 4 aromatic rings. The van der Waals surface area contributed by atoms with Crippen LogP contribution in [0.5, 0.6) is 0 Å². The number of ether oxygens (including phenoxy) is 1. The normalized spacial score (nSPS) is 11.2. The highest BCUT2D eigenvalue weighted by molar-refractivity contribution is 7.15. The summed E-state index contributed by atoms with van der Waals surface area (Å²) >= 11 is 1.34. The molecule has 3 heterocycles. The van der Waals surface area contributed by atoms with E-state index in [2.05, 4.69) is 10.1 Å². The molecule has 3 aromatic heterocycles. The molecule has 7 nitrogen and oxygen atoms in total. The lowest BCUT2D eigenvalue weighted by Gasteiger charge is -2.03. The summed E-state index contributed by atoms with van der Waals surface area (Å²) in [5.41, 5.74) is 1.37. The van der Waals surface area contributed by atoms with E-state index in [-0.39, 0.29) is 18.6 Å². The van der Waals surface area contributed by atoms with Crippen LogP contribution in [0.3, 0.4) is 0 Å². The van der Waals surface area contributed by atoms with E-state index in [1.807, 2.05) is 18.2 Å². The van der Waals surface area contributed by atoms with Gasteiger partial charge in [-0.2, -0.15) is 0 Å². The van der Waals surface area contributed by atoms with Crippen molar-refractivity contribution in [2.45, 2.75) is 13.0 Å². The van der Waals surface area contributed by atoms with Crippen molar-refractivity contribution in [3.05, 3.63) is 63.7 Å². The Bertz CT molecular complexity index is 1100. The summed E-state index contributed by atoms with van der Waals surface area (Å²) in [6.07, 6.45) is 1.65. The van der Waals surface area contributed by atoms with Crippen LogP contribution in [0.2, 0.25) is 0 Å². The van der Waals surface area contributed by atoms with Gasteiger partial charge in [-0.25, -0.2) is 4.98 Å². The number of aromatic nitrogens is 3. The number of carbonyl (C=O) groups excluding carboxylic acids is 1. The molecule has 0 saturated heterocycles. The molecule has 0 saturated carbocycles. The van der Waals surface area contributed by atoms with Gasteiger partial charge in [-0.05, 0) is 12.1 Å². The fourth-order valence-corrected chi connectivity index (χ4v) is 3.11. The van der Waals surface area contributed by atoms with Crippen molar-refractivity contribution in [2.24, 2.45) is 0 Å². The van der Waals surface area contributed by atoms with Gasteiger partial charge in [0.2, 0.25) is 0 Å². The number of rotatable bonds is 4. The number of esters is 1. The van der Waals surface area contributed by atoms with Crippen molar-refractivity contribution in [1.29, 1.82) is 0 Å². The molecule has 4 rings (SSSR count). The van der Waals surface area contributed by atoms with E-state index in [1.54, 1.807) is 17.6 Å². The van der Waals surface area contributed by atoms with E-state index in [4.69, 9.17) is 9.26 Å². The maximum absolute atomic E-state index is 12.0. The summed E-state index contributed by atoms with van der Waals surface area (Å²) in [5, 5.41) is 6.45. The first-order valence-electron chi connectivity index (χ1n) is 7.15. The molecular formula is C16H11N3O4S. The third kappa shape index (κ3) is 2.67. The number of carbonyl (C=O) groups is 1. The summed E-state index contributed by atoms with van der Waals surface area (Å²) < 4.78 is 11.8. The van der Waals surface area contributed by atoms with E-state index in [1.165, 1.54) is 21.8 Å². The number of thiazole rings is 1. The highest BCUT2D eigenvalue weighted by atomic mass is 32.1. The molecule has 0 N–H and O–H groups in total. The van der Waals surface area contributed by atoms with Crippen molar-refractivity contribution < 1.29 is 14.1 Å². The molecule has 0 unspecified atom stereocenters. The second kappa shape index (κ2) is 5.89. The molecule has 120 valence electrons. The predicted molar refractivity (Wildman–Crippen MR) is 86.8 cm³/mol. The van der Waals surface area contributed by atoms with Crippen LogP contribution in [-0.4, -0.2) is 20.5 Å². The smallest absolute Gasteiger partial charge is 0.312 e. The van der Waals surface area contributed by atoms with Gasteiger partial charge in [0, 0.05) is 23.0 Å². The minimum Gasteiger partial charge on any atom is -0.459 e. The molecule has 0 radical (unpaired) electrons. The van der Waals surface area contributed by atoms with E-state index >= 15 is 0 Å². The first kappa shape index (κ1) is 14.6. The van der Waals surface area contributed by atoms with Gasteiger partial charge in [0.25, 0.3) is 5.56 Å². The molecule has 0 amide bonds. The number of nitrogens with zero attached hydrogens (tertiary/aromatic N) is 3. The van der Waals surface area contributed by atoms with Gasteiger partial charge in [0.15, 0.2) is 10.5 Å². The number of fused-ring (bicyclic) bond motifs is 2. The van der Waals surface area contributed by atoms with Gasteiger partial charge in [0.1, 0.15) is 12.3 Å². The van der Waals surface area contributed by atoms with Crippen molar-refractivity contribution in [1.82, 2.24) is 14.5 Å². The number of benzene rings is 1. The average molecular weight is 341 g/mol. The first-order valence-corrected chi connectivity index (χ1v) is 8.03.